The van der Waals surface area contributed by atoms with Crippen LogP contribution < -0.4 is 5.32 Å². The molecule has 0 unspecified atom stereocenters. The monoisotopic (exact) mass is 295 g/mol. The fourth-order valence-corrected chi connectivity index (χ4v) is 2.56. The number of rotatable bonds is 3. The predicted octanol–water partition coefficient (Wildman–Crippen LogP) is 1.64. The Balaban J connectivity index is 1.72. The van der Waals surface area contributed by atoms with E-state index in [0.717, 1.165) is 11.0 Å². The van der Waals surface area contributed by atoms with Crippen LogP contribution in [0, 0.1) is 5.92 Å². The second kappa shape index (κ2) is 4.82. The summed E-state index contributed by atoms with van der Waals surface area (Å²) in [7, 11) is 1.92. The second-order valence-electron chi connectivity index (χ2n) is 4.94. The summed E-state index contributed by atoms with van der Waals surface area (Å²) in [6.45, 7) is 1.77. The van der Waals surface area contributed by atoms with Crippen LogP contribution in [0.5, 0.6) is 0 Å². The fraction of sp³-hybridized carbons (Fsp3) is 0.417. The average molecular weight is 296 g/mol. The third-order valence-corrected chi connectivity index (χ3v) is 3.65. The van der Waals surface area contributed by atoms with Gasteiger partial charge in [-0.3, -0.25) is 0 Å². The molecule has 1 fully saturated rings. The number of nitrogens with zero attached hydrogens (tertiary/aromatic N) is 4. The molecule has 7 nitrogen and oxygen atoms in total. The van der Waals surface area contributed by atoms with E-state index in [-0.39, 0.29) is 5.28 Å². The molecule has 2 N–H and O–H groups in total. The molecule has 3 heterocycles. The number of aromatic nitrogens is 3. The van der Waals surface area contributed by atoms with Crippen molar-refractivity contribution in [2.75, 3.05) is 25.0 Å². The molecule has 0 aliphatic carbocycles. The van der Waals surface area contributed by atoms with Gasteiger partial charge in [-0.05, 0) is 17.7 Å². The summed E-state index contributed by atoms with van der Waals surface area (Å²) in [5.41, 5.74) is 1.68. The van der Waals surface area contributed by atoms with E-state index in [1.54, 1.807) is 0 Å². The molecular formula is C12H14ClN5O2. The minimum atomic E-state index is -0.865. The van der Waals surface area contributed by atoms with Crippen LogP contribution in [0.1, 0.15) is 0 Å². The van der Waals surface area contributed by atoms with Gasteiger partial charge in [-0.15, -0.1) is 0 Å². The molecule has 3 rings (SSSR count). The highest BCUT2D eigenvalue weighted by Crippen LogP contribution is 2.24. The molecule has 0 spiro atoms. The predicted molar refractivity (Wildman–Crippen MR) is 75.1 cm³/mol. The summed E-state index contributed by atoms with van der Waals surface area (Å²) in [6.07, 6.45) is 1.03. The summed E-state index contributed by atoms with van der Waals surface area (Å²) >= 11 is 5.90. The first-order chi connectivity index (χ1) is 9.54. The number of carbonyl (C=O) groups is 1. The molecule has 8 heteroatoms. The summed E-state index contributed by atoms with van der Waals surface area (Å²) < 4.78 is 1.93. The molecule has 1 aliphatic rings. The van der Waals surface area contributed by atoms with Gasteiger partial charge in [-0.25, -0.2) is 9.78 Å². The van der Waals surface area contributed by atoms with Crippen LogP contribution in [-0.2, 0) is 7.05 Å². The molecule has 0 radical (unpaired) electrons. The molecule has 20 heavy (non-hydrogen) atoms. The number of nitrogens with one attached hydrogen (secondary N) is 1. The normalized spacial score (nSPS) is 15.4. The maximum atomic E-state index is 10.7. The highest BCUT2D eigenvalue weighted by molar-refractivity contribution is 6.28. The second-order valence-corrected chi connectivity index (χ2v) is 5.27. The summed E-state index contributed by atoms with van der Waals surface area (Å²) in [4.78, 5) is 20.5. The zero-order valence-electron chi connectivity index (χ0n) is 10.9. The van der Waals surface area contributed by atoms with Crippen molar-refractivity contribution in [3.63, 3.8) is 0 Å². The van der Waals surface area contributed by atoms with E-state index in [1.165, 1.54) is 4.90 Å². The van der Waals surface area contributed by atoms with Crippen molar-refractivity contribution in [2.45, 2.75) is 0 Å². The van der Waals surface area contributed by atoms with Gasteiger partial charge >= 0.3 is 6.09 Å². The quantitative estimate of drug-likeness (QED) is 0.841. The smallest absolute Gasteiger partial charge is 0.407 e. The highest BCUT2D eigenvalue weighted by Gasteiger charge is 2.30. The van der Waals surface area contributed by atoms with Crippen LogP contribution in [0.3, 0.4) is 0 Å². The molecule has 0 bridgehead atoms. The highest BCUT2D eigenvalue weighted by atomic mass is 35.5. The van der Waals surface area contributed by atoms with E-state index in [1.807, 2.05) is 23.9 Å². The molecular weight excluding hydrogens is 282 g/mol. The van der Waals surface area contributed by atoms with E-state index in [0.29, 0.717) is 31.4 Å². The van der Waals surface area contributed by atoms with Gasteiger partial charge < -0.3 is 19.9 Å². The molecule has 0 atom stereocenters. The Labute approximate surface area is 120 Å². The first-order valence-electron chi connectivity index (χ1n) is 6.25. The average Bonchev–Trinajstić information content (AvgIpc) is 2.68. The van der Waals surface area contributed by atoms with E-state index in [4.69, 9.17) is 16.7 Å². The van der Waals surface area contributed by atoms with Crippen LogP contribution in [0.15, 0.2) is 12.3 Å². The Morgan fingerprint density at radius 3 is 3.00 bits per heavy atom. The number of likely N-dealkylation sites (tertiary alicyclic amines) is 1. The lowest BCUT2D eigenvalue weighted by Crippen LogP contribution is -2.51. The molecule has 2 aromatic rings. The molecule has 2 aromatic heterocycles. The maximum Gasteiger partial charge on any atom is 0.407 e. The van der Waals surface area contributed by atoms with Crippen molar-refractivity contribution in [1.82, 2.24) is 19.4 Å². The van der Waals surface area contributed by atoms with Crippen molar-refractivity contribution < 1.29 is 9.90 Å². The van der Waals surface area contributed by atoms with Crippen molar-refractivity contribution >= 4 is 34.5 Å². The van der Waals surface area contributed by atoms with Gasteiger partial charge in [-0.2, -0.15) is 4.98 Å². The Morgan fingerprint density at radius 2 is 2.30 bits per heavy atom. The minimum absolute atomic E-state index is 0.201. The third-order valence-electron chi connectivity index (χ3n) is 3.48. The summed E-state index contributed by atoms with van der Waals surface area (Å²) in [6, 6.07) is 1.88. The van der Waals surface area contributed by atoms with Gasteiger partial charge in [0.25, 0.3) is 0 Å². The lowest BCUT2D eigenvalue weighted by Gasteiger charge is -2.37. The lowest BCUT2D eigenvalue weighted by atomic mass is 10.0. The third kappa shape index (κ3) is 2.24. The number of halogens is 1. The zero-order chi connectivity index (χ0) is 14.3. The summed E-state index contributed by atoms with van der Waals surface area (Å²) in [5, 5.41) is 12.2. The van der Waals surface area contributed by atoms with Crippen LogP contribution in [-0.4, -0.2) is 50.3 Å². The molecule has 0 saturated carbocycles. The molecule has 106 valence electrons. The molecule has 1 aliphatic heterocycles. The number of hydrogen-bond donors (Lipinski definition) is 2. The first kappa shape index (κ1) is 13.0. The van der Waals surface area contributed by atoms with Crippen LogP contribution in [0.25, 0.3) is 11.0 Å². The van der Waals surface area contributed by atoms with Crippen LogP contribution in [0.4, 0.5) is 10.6 Å². The van der Waals surface area contributed by atoms with Gasteiger partial charge in [0.05, 0.1) is 5.52 Å². The number of fused-ring (bicyclic) bond motifs is 1. The summed E-state index contributed by atoms with van der Waals surface area (Å²) in [5.74, 6) is 0.983. The number of hydrogen-bond acceptors (Lipinski definition) is 4. The van der Waals surface area contributed by atoms with Crippen LogP contribution >= 0.6 is 11.6 Å². The first-order valence-corrected chi connectivity index (χ1v) is 6.62. The maximum absolute atomic E-state index is 10.7. The lowest BCUT2D eigenvalue weighted by molar-refractivity contribution is 0.0864. The van der Waals surface area contributed by atoms with Crippen molar-refractivity contribution in [1.29, 1.82) is 0 Å². The largest absolute Gasteiger partial charge is 0.465 e. The standard InChI is InChI=1S/C12H14ClN5O2/c1-17-3-2-8-9(17)10(16-11(13)15-8)14-4-7-5-18(6-7)12(19)20/h2-3,7H,4-6H2,1H3,(H,19,20)(H,14,15,16). The van der Waals surface area contributed by atoms with E-state index < -0.39 is 6.09 Å². The van der Waals surface area contributed by atoms with Gasteiger partial charge in [0.1, 0.15) is 5.52 Å². The molecule has 1 amide bonds. The minimum Gasteiger partial charge on any atom is -0.465 e. The Hall–Kier alpha value is -2.02. The Bertz CT molecular complexity index is 665. The fourth-order valence-electron chi connectivity index (χ4n) is 2.38. The number of aryl methyl sites for hydroxylation is 1. The molecule has 1 saturated heterocycles. The van der Waals surface area contributed by atoms with Crippen molar-refractivity contribution in [3.8, 4) is 0 Å². The molecule has 0 aromatic carbocycles. The Kier molecular flexibility index (Phi) is 3.13. The number of carboxylic acid groups (broad SMARTS) is 1. The van der Waals surface area contributed by atoms with Gasteiger partial charge in [0.15, 0.2) is 5.82 Å². The van der Waals surface area contributed by atoms with Gasteiger partial charge in [-0.1, -0.05) is 0 Å². The van der Waals surface area contributed by atoms with Gasteiger partial charge in [0, 0.05) is 38.8 Å². The van der Waals surface area contributed by atoms with E-state index in [9.17, 15) is 4.79 Å². The van der Waals surface area contributed by atoms with Crippen molar-refractivity contribution in [2.24, 2.45) is 13.0 Å². The topological polar surface area (TPSA) is 83.3 Å². The zero-order valence-corrected chi connectivity index (χ0v) is 11.6. The van der Waals surface area contributed by atoms with Gasteiger partial charge in [0.2, 0.25) is 5.28 Å². The number of amides is 1. The van der Waals surface area contributed by atoms with E-state index in [2.05, 4.69) is 15.3 Å². The van der Waals surface area contributed by atoms with E-state index >= 15 is 0 Å². The number of anilines is 1. The Morgan fingerprint density at radius 1 is 1.55 bits per heavy atom. The van der Waals surface area contributed by atoms with Crippen molar-refractivity contribution in [3.05, 3.63) is 17.5 Å². The SMILES string of the molecule is Cn1ccc2nc(Cl)nc(NCC3CN(C(=O)O)C3)c21. The van der Waals surface area contributed by atoms with Crippen LogP contribution in [0.2, 0.25) is 5.28 Å².